The van der Waals surface area contributed by atoms with E-state index in [-0.39, 0.29) is 0 Å². The van der Waals surface area contributed by atoms with Gasteiger partial charge in [0, 0.05) is 5.56 Å². The summed E-state index contributed by atoms with van der Waals surface area (Å²) in [6.07, 6.45) is 0. The molecule has 3 nitrogen and oxygen atoms in total. The molecule has 0 bridgehead atoms. The molecule has 0 aliphatic rings. The van der Waals surface area contributed by atoms with Crippen LogP contribution in [0.1, 0.15) is 10.6 Å². The Morgan fingerprint density at radius 2 is 1.46 bits per heavy atom. The summed E-state index contributed by atoms with van der Waals surface area (Å²) in [6, 6.07) is 28.2. The highest BCUT2D eigenvalue weighted by Crippen LogP contribution is 2.24. The van der Waals surface area contributed by atoms with Crippen molar-refractivity contribution in [3.8, 4) is 0 Å². The summed E-state index contributed by atoms with van der Waals surface area (Å²) in [7, 11) is 0. The molecule has 116 valence electrons. The van der Waals surface area contributed by atoms with E-state index in [0.29, 0.717) is 0 Å². The monoisotopic (exact) mass is 329 g/mol. The normalized spacial score (nSPS) is 11.6. The van der Waals surface area contributed by atoms with Crippen molar-refractivity contribution in [1.82, 2.24) is 4.98 Å². The van der Waals surface area contributed by atoms with Crippen LogP contribution in [0.3, 0.4) is 0 Å². The van der Waals surface area contributed by atoms with Crippen molar-refractivity contribution in [3.05, 3.63) is 95.5 Å². The lowest BCUT2D eigenvalue weighted by Gasteiger charge is -2.05. The Hall–Kier alpha value is -2.98. The molecule has 0 unspecified atom stereocenters. The van der Waals surface area contributed by atoms with E-state index in [1.54, 1.807) is 11.3 Å². The van der Waals surface area contributed by atoms with Crippen molar-refractivity contribution < 1.29 is 0 Å². The number of anilines is 1. The molecule has 1 N–H and O–H groups in total. The van der Waals surface area contributed by atoms with Crippen molar-refractivity contribution in [1.29, 1.82) is 0 Å². The number of aromatic nitrogens is 1. The summed E-state index contributed by atoms with van der Waals surface area (Å²) in [5.74, 6) is 0. The molecular formula is C20H15N3S. The van der Waals surface area contributed by atoms with Crippen LogP contribution in [0.5, 0.6) is 0 Å². The third-order valence-electron chi connectivity index (χ3n) is 3.61. The van der Waals surface area contributed by atoms with Gasteiger partial charge < -0.3 is 0 Å². The number of rotatable bonds is 4. The maximum absolute atomic E-state index is 4.75. The van der Waals surface area contributed by atoms with Gasteiger partial charge in [0.05, 0.1) is 15.9 Å². The topological polar surface area (TPSA) is 37.3 Å². The fourth-order valence-electron chi connectivity index (χ4n) is 2.44. The fraction of sp³-hybridized carbons (Fsp3) is 0. The number of benzene rings is 3. The Morgan fingerprint density at radius 1 is 0.792 bits per heavy atom. The van der Waals surface area contributed by atoms with Crippen LogP contribution in [-0.4, -0.2) is 10.7 Å². The van der Waals surface area contributed by atoms with Crippen LogP contribution >= 0.6 is 11.3 Å². The zero-order valence-corrected chi connectivity index (χ0v) is 13.7. The second-order valence-electron chi connectivity index (χ2n) is 5.29. The molecule has 1 aromatic heterocycles. The third kappa shape index (κ3) is 3.05. The zero-order valence-electron chi connectivity index (χ0n) is 12.9. The molecule has 3 aromatic carbocycles. The van der Waals surface area contributed by atoms with Crippen LogP contribution in [0.2, 0.25) is 0 Å². The van der Waals surface area contributed by atoms with Crippen LogP contribution < -0.4 is 5.43 Å². The first-order valence-corrected chi connectivity index (χ1v) is 8.52. The molecule has 24 heavy (non-hydrogen) atoms. The lowest BCUT2D eigenvalue weighted by atomic mass is 10.1. The molecule has 0 saturated carbocycles. The molecule has 4 rings (SSSR count). The Bertz CT molecular complexity index is 942. The molecular weight excluding hydrogens is 314 g/mol. The van der Waals surface area contributed by atoms with E-state index in [1.807, 2.05) is 66.7 Å². The Kier molecular flexibility index (Phi) is 4.04. The highest BCUT2D eigenvalue weighted by atomic mass is 32.1. The third-order valence-corrected chi connectivity index (χ3v) is 4.66. The standard InChI is InChI=1S/C20H15N3S/c1-3-9-15(10-4-1)19(23-22-16-11-5-2-6-12-16)20-21-17-13-7-8-14-18(17)24-20/h1-14,22H/b23-19-. The number of hydrogen-bond donors (Lipinski definition) is 1. The quantitative estimate of drug-likeness (QED) is 0.415. The van der Waals surface area contributed by atoms with Crippen LogP contribution in [-0.2, 0) is 0 Å². The summed E-state index contributed by atoms with van der Waals surface area (Å²) in [5, 5.41) is 5.55. The summed E-state index contributed by atoms with van der Waals surface area (Å²) in [4.78, 5) is 4.75. The summed E-state index contributed by atoms with van der Waals surface area (Å²) >= 11 is 1.65. The summed E-state index contributed by atoms with van der Waals surface area (Å²) in [5.41, 5.74) is 6.98. The molecule has 0 saturated heterocycles. The molecule has 0 fully saturated rings. The SMILES string of the molecule is c1ccc(N/N=C(/c2ccccc2)c2nc3ccccc3s2)cc1. The van der Waals surface area contributed by atoms with Gasteiger partial charge in [-0.1, -0.05) is 60.7 Å². The molecule has 4 heteroatoms. The molecule has 0 spiro atoms. The molecule has 0 amide bonds. The predicted octanol–water partition coefficient (Wildman–Crippen LogP) is 5.16. The first-order valence-electron chi connectivity index (χ1n) is 7.70. The lowest BCUT2D eigenvalue weighted by molar-refractivity contribution is 1.31. The molecule has 0 aliphatic carbocycles. The number of fused-ring (bicyclic) bond motifs is 1. The number of para-hydroxylation sites is 2. The first kappa shape index (κ1) is 14.6. The number of nitrogens with zero attached hydrogens (tertiary/aromatic N) is 2. The number of hydrazone groups is 1. The van der Waals surface area contributed by atoms with Crippen molar-refractivity contribution in [2.45, 2.75) is 0 Å². The van der Waals surface area contributed by atoms with E-state index in [1.165, 1.54) is 0 Å². The predicted molar refractivity (Wildman–Crippen MR) is 102 cm³/mol. The number of nitrogens with one attached hydrogen (secondary N) is 1. The highest BCUT2D eigenvalue weighted by Gasteiger charge is 2.12. The van der Waals surface area contributed by atoms with Gasteiger partial charge >= 0.3 is 0 Å². The minimum atomic E-state index is 0.848. The van der Waals surface area contributed by atoms with E-state index >= 15 is 0 Å². The van der Waals surface area contributed by atoms with E-state index in [0.717, 1.165) is 32.2 Å². The van der Waals surface area contributed by atoms with Gasteiger partial charge in [-0.25, -0.2) is 4.98 Å². The molecule has 4 aromatic rings. The smallest absolute Gasteiger partial charge is 0.145 e. The van der Waals surface area contributed by atoms with Gasteiger partial charge in [-0.3, -0.25) is 5.43 Å². The van der Waals surface area contributed by atoms with Crippen LogP contribution in [0.25, 0.3) is 10.2 Å². The average Bonchev–Trinajstić information content (AvgIpc) is 3.07. The second kappa shape index (κ2) is 6.64. The van der Waals surface area contributed by atoms with Crippen molar-refractivity contribution in [2.75, 3.05) is 5.43 Å². The lowest BCUT2D eigenvalue weighted by Crippen LogP contribution is -2.06. The van der Waals surface area contributed by atoms with Crippen LogP contribution in [0.15, 0.2) is 90.0 Å². The highest BCUT2D eigenvalue weighted by molar-refractivity contribution is 7.20. The summed E-state index contributed by atoms with van der Waals surface area (Å²) in [6.45, 7) is 0. The van der Waals surface area contributed by atoms with Gasteiger partial charge in [-0.2, -0.15) is 5.10 Å². The van der Waals surface area contributed by atoms with Gasteiger partial charge in [-0.05, 0) is 24.3 Å². The van der Waals surface area contributed by atoms with Gasteiger partial charge in [0.15, 0.2) is 0 Å². The molecule has 0 aliphatic heterocycles. The first-order chi connectivity index (χ1) is 11.9. The maximum Gasteiger partial charge on any atom is 0.145 e. The van der Waals surface area contributed by atoms with Crippen molar-refractivity contribution >= 4 is 33.0 Å². The Morgan fingerprint density at radius 3 is 2.21 bits per heavy atom. The van der Waals surface area contributed by atoms with Crippen LogP contribution in [0.4, 0.5) is 5.69 Å². The van der Waals surface area contributed by atoms with E-state index < -0.39 is 0 Å². The Balaban J connectivity index is 1.78. The fourth-order valence-corrected chi connectivity index (χ4v) is 3.42. The number of hydrogen-bond acceptors (Lipinski definition) is 4. The number of thiazole rings is 1. The van der Waals surface area contributed by atoms with Crippen LogP contribution in [0, 0.1) is 0 Å². The average molecular weight is 329 g/mol. The molecule has 1 heterocycles. The van der Waals surface area contributed by atoms with E-state index in [2.05, 4.69) is 28.7 Å². The van der Waals surface area contributed by atoms with Gasteiger partial charge in [0.1, 0.15) is 10.7 Å². The minimum Gasteiger partial charge on any atom is -0.278 e. The summed E-state index contributed by atoms with van der Waals surface area (Å²) < 4.78 is 1.16. The van der Waals surface area contributed by atoms with Crippen molar-refractivity contribution in [2.24, 2.45) is 5.10 Å². The molecule has 0 radical (unpaired) electrons. The van der Waals surface area contributed by atoms with Gasteiger partial charge in [0.2, 0.25) is 0 Å². The van der Waals surface area contributed by atoms with Crippen molar-refractivity contribution in [3.63, 3.8) is 0 Å². The largest absolute Gasteiger partial charge is 0.278 e. The minimum absolute atomic E-state index is 0.848. The zero-order chi connectivity index (χ0) is 16.2. The van der Waals surface area contributed by atoms with Gasteiger partial charge in [0.25, 0.3) is 0 Å². The van der Waals surface area contributed by atoms with Gasteiger partial charge in [-0.15, -0.1) is 11.3 Å². The second-order valence-corrected chi connectivity index (χ2v) is 6.32. The van der Waals surface area contributed by atoms with E-state index in [4.69, 9.17) is 4.98 Å². The maximum atomic E-state index is 4.75. The molecule has 0 atom stereocenters. The Labute approximate surface area is 144 Å². The van der Waals surface area contributed by atoms with E-state index in [9.17, 15) is 0 Å².